The van der Waals surface area contributed by atoms with Gasteiger partial charge in [0.25, 0.3) is 5.91 Å². The van der Waals surface area contributed by atoms with Gasteiger partial charge in [0.1, 0.15) is 18.2 Å². The molecule has 0 heterocycles. The Balaban J connectivity index is 2.27. The van der Waals surface area contributed by atoms with Gasteiger partial charge >= 0.3 is 0 Å². The largest absolute Gasteiger partial charge is 0.478 e. The van der Waals surface area contributed by atoms with Crippen molar-refractivity contribution in [1.29, 1.82) is 5.26 Å². The van der Waals surface area contributed by atoms with Crippen LogP contribution in [0.2, 0.25) is 15.1 Å². The fourth-order valence-corrected chi connectivity index (χ4v) is 2.80. The van der Waals surface area contributed by atoms with Gasteiger partial charge in [0.05, 0.1) is 10.0 Å². The lowest BCUT2D eigenvalue weighted by atomic mass is 10.1. The summed E-state index contributed by atoms with van der Waals surface area (Å²) in [6.07, 6.45) is 6.50. The summed E-state index contributed by atoms with van der Waals surface area (Å²) in [6.45, 7) is 0.0140. The molecule has 1 amide bonds. The molecular weight excluding hydrogens is 395 g/mol. The Morgan fingerprint density at radius 1 is 1.23 bits per heavy atom. The molecule has 0 aliphatic heterocycles. The number of nitrogens with zero attached hydrogens (tertiary/aromatic N) is 1. The number of carbonyl (C=O) groups is 1. The number of hydrogen-bond acceptors (Lipinski definition) is 3. The zero-order valence-electron chi connectivity index (χ0n) is 13.2. The number of nitrogens with one attached hydrogen (secondary N) is 1. The molecule has 0 saturated heterocycles. The van der Waals surface area contributed by atoms with E-state index in [1.54, 1.807) is 24.3 Å². The number of hydrogen-bond donors (Lipinski definition) is 1. The third kappa shape index (κ3) is 5.18. The average molecular weight is 406 g/mol. The summed E-state index contributed by atoms with van der Waals surface area (Å²) in [5.41, 5.74) is 0.804. The average Bonchev–Trinajstić information content (AvgIpc) is 2.59. The van der Waals surface area contributed by atoms with Gasteiger partial charge in [-0.15, -0.1) is 6.42 Å². The zero-order valence-corrected chi connectivity index (χ0v) is 15.5. The van der Waals surface area contributed by atoms with Gasteiger partial charge in [-0.1, -0.05) is 46.8 Å². The normalized spacial score (nSPS) is 10.6. The van der Waals surface area contributed by atoms with Crippen molar-refractivity contribution in [2.24, 2.45) is 0 Å². The van der Waals surface area contributed by atoms with Crippen molar-refractivity contribution in [2.45, 2.75) is 0 Å². The number of terminal acetylenes is 1. The van der Waals surface area contributed by atoms with E-state index < -0.39 is 5.91 Å². The summed E-state index contributed by atoms with van der Waals surface area (Å²) in [6, 6.07) is 11.5. The first-order chi connectivity index (χ1) is 12.4. The van der Waals surface area contributed by atoms with Gasteiger partial charge in [-0.3, -0.25) is 4.79 Å². The van der Waals surface area contributed by atoms with Crippen molar-refractivity contribution in [2.75, 3.05) is 11.9 Å². The first-order valence-corrected chi connectivity index (χ1v) is 8.32. The highest BCUT2D eigenvalue weighted by Crippen LogP contribution is 2.34. The van der Waals surface area contributed by atoms with Crippen molar-refractivity contribution in [3.63, 3.8) is 0 Å². The van der Waals surface area contributed by atoms with E-state index in [9.17, 15) is 10.1 Å². The molecule has 0 aliphatic rings. The van der Waals surface area contributed by atoms with E-state index in [1.165, 1.54) is 18.2 Å². The Labute approximate surface area is 165 Å². The van der Waals surface area contributed by atoms with Crippen molar-refractivity contribution in [1.82, 2.24) is 0 Å². The maximum absolute atomic E-state index is 12.3. The van der Waals surface area contributed by atoms with Gasteiger partial charge in [0.2, 0.25) is 0 Å². The lowest BCUT2D eigenvalue weighted by Gasteiger charge is -2.09. The minimum atomic E-state index is -0.588. The maximum atomic E-state index is 12.3. The van der Waals surface area contributed by atoms with Crippen molar-refractivity contribution in [3.05, 3.63) is 62.6 Å². The number of benzene rings is 2. The molecule has 0 radical (unpaired) electrons. The first-order valence-electron chi connectivity index (χ1n) is 7.18. The van der Waals surface area contributed by atoms with Crippen LogP contribution in [0.25, 0.3) is 6.08 Å². The van der Waals surface area contributed by atoms with E-state index in [2.05, 4.69) is 11.2 Å². The predicted octanol–water partition coefficient (Wildman–Crippen LogP) is 5.20. The molecule has 0 atom stereocenters. The van der Waals surface area contributed by atoms with Crippen LogP contribution in [0.4, 0.5) is 5.69 Å². The minimum absolute atomic E-state index is 0.0140. The number of amides is 1. The second-order valence-corrected chi connectivity index (χ2v) is 6.19. The summed E-state index contributed by atoms with van der Waals surface area (Å²) in [5.74, 6) is 1.96. The molecule has 7 heteroatoms. The third-order valence-electron chi connectivity index (χ3n) is 3.08. The second kappa shape index (κ2) is 9.17. The van der Waals surface area contributed by atoms with E-state index >= 15 is 0 Å². The fourth-order valence-electron chi connectivity index (χ4n) is 1.99. The number of anilines is 1. The molecule has 0 bridgehead atoms. The highest BCUT2D eigenvalue weighted by Gasteiger charge is 2.13. The maximum Gasteiger partial charge on any atom is 0.266 e. The summed E-state index contributed by atoms with van der Waals surface area (Å²) < 4.78 is 5.26. The molecule has 0 fully saturated rings. The third-order valence-corrected chi connectivity index (χ3v) is 3.88. The minimum Gasteiger partial charge on any atom is -0.478 e. The molecular formula is C19H11Cl3N2O2. The number of nitriles is 1. The van der Waals surface area contributed by atoms with Gasteiger partial charge in [0, 0.05) is 10.7 Å². The summed E-state index contributed by atoms with van der Waals surface area (Å²) in [5, 5.41) is 12.8. The van der Waals surface area contributed by atoms with Crippen molar-refractivity contribution in [3.8, 4) is 24.2 Å². The van der Waals surface area contributed by atoms with E-state index in [0.29, 0.717) is 16.3 Å². The standard InChI is InChI=1S/C19H11Cl3N2O2/c1-2-6-26-18-16(21)8-12(9-17(18)22)7-13(11-23)19(25)24-15-5-3-4-14(20)10-15/h1,3-5,7-10H,6H2,(H,24,25)/b13-7+. The van der Waals surface area contributed by atoms with Crippen LogP contribution in [0.15, 0.2) is 42.0 Å². The quantitative estimate of drug-likeness (QED) is 0.422. The number of rotatable bonds is 5. The predicted molar refractivity (Wildman–Crippen MR) is 104 cm³/mol. The van der Waals surface area contributed by atoms with Crippen LogP contribution in [0.1, 0.15) is 5.56 Å². The highest BCUT2D eigenvalue weighted by atomic mass is 35.5. The van der Waals surface area contributed by atoms with Crippen LogP contribution >= 0.6 is 34.8 Å². The van der Waals surface area contributed by atoms with E-state index in [0.717, 1.165) is 0 Å². The second-order valence-electron chi connectivity index (χ2n) is 4.94. The number of carbonyl (C=O) groups excluding carboxylic acids is 1. The van der Waals surface area contributed by atoms with Crippen molar-refractivity contribution >= 4 is 52.5 Å². The number of halogens is 3. The van der Waals surface area contributed by atoms with Gasteiger partial charge in [-0.2, -0.15) is 5.26 Å². The zero-order chi connectivity index (χ0) is 19.1. The van der Waals surface area contributed by atoms with Gasteiger partial charge in [-0.25, -0.2) is 0 Å². The van der Waals surface area contributed by atoms with E-state index in [4.69, 9.17) is 46.0 Å². The molecule has 0 aliphatic carbocycles. The molecule has 2 aromatic rings. The molecule has 0 unspecified atom stereocenters. The fraction of sp³-hybridized carbons (Fsp3) is 0.0526. The number of ether oxygens (including phenoxy) is 1. The molecule has 2 aromatic carbocycles. The molecule has 130 valence electrons. The molecule has 4 nitrogen and oxygen atoms in total. The monoisotopic (exact) mass is 404 g/mol. The lowest BCUT2D eigenvalue weighted by Crippen LogP contribution is -2.13. The van der Waals surface area contributed by atoms with Crippen LogP contribution in [-0.2, 0) is 4.79 Å². The first kappa shape index (κ1) is 19.7. The smallest absolute Gasteiger partial charge is 0.266 e. The van der Waals surface area contributed by atoms with Crippen LogP contribution in [0.3, 0.4) is 0 Å². The molecule has 0 spiro atoms. The van der Waals surface area contributed by atoms with Crippen molar-refractivity contribution < 1.29 is 9.53 Å². The Hall–Kier alpha value is -2.63. The molecule has 1 N–H and O–H groups in total. The molecule has 0 aromatic heterocycles. The van der Waals surface area contributed by atoms with Gasteiger partial charge in [0.15, 0.2) is 5.75 Å². The summed E-state index contributed by atoms with van der Waals surface area (Å²) >= 11 is 18.1. The highest BCUT2D eigenvalue weighted by molar-refractivity contribution is 6.37. The topological polar surface area (TPSA) is 62.1 Å². The van der Waals surface area contributed by atoms with Crippen LogP contribution in [0.5, 0.6) is 5.75 Å². The Bertz CT molecular complexity index is 933. The van der Waals surface area contributed by atoms with Gasteiger partial charge < -0.3 is 10.1 Å². The van der Waals surface area contributed by atoms with Crippen LogP contribution in [-0.4, -0.2) is 12.5 Å². The Kier molecular flexibility index (Phi) is 6.95. The van der Waals surface area contributed by atoms with Crippen LogP contribution < -0.4 is 10.1 Å². The van der Waals surface area contributed by atoms with E-state index in [1.807, 2.05) is 6.07 Å². The SMILES string of the molecule is C#CCOc1c(Cl)cc(/C=C(\C#N)C(=O)Nc2cccc(Cl)c2)cc1Cl. The lowest BCUT2D eigenvalue weighted by molar-refractivity contribution is -0.112. The summed E-state index contributed by atoms with van der Waals surface area (Å²) in [7, 11) is 0. The summed E-state index contributed by atoms with van der Waals surface area (Å²) in [4.78, 5) is 12.3. The molecule has 26 heavy (non-hydrogen) atoms. The Morgan fingerprint density at radius 2 is 1.92 bits per heavy atom. The van der Waals surface area contributed by atoms with E-state index in [-0.39, 0.29) is 28.0 Å². The molecule has 2 rings (SSSR count). The Morgan fingerprint density at radius 3 is 2.50 bits per heavy atom. The molecule has 0 saturated carbocycles. The van der Waals surface area contributed by atoms with Gasteiger partial charge in [-0.05, 0) is 42.0 Å². The van der Waals surface area contributed by atoms with Crippen LogP contribution in [0, 0.1) is 23.7 Å².